The molecule has 0 saturated carbocycles. The topological polar surface area (TPSA) is 38.3 Å². The van der Waals surface area contributed by atoms with E-state index in [1.165, 1.54) is 5.56 Å². The van der Waals surface area contributed by atoms with Crippen LogP contribution in [0.1, 0.15) is 51.2 Å². The summed E-state index contributed by atoms with van der Waals surface area (Å²) in [4.78, 5) is 12.0. The summed E-state index contributed by atoms with van der Waals surface area (Å²) >= 11 is 0. The number of hydrogen-bond acceptors (Lipinski definition) is 2. The molecule has 1 rings (SSSR count). The number of amides is 1. The van der Waals surface area contributed by atoms with Crippen LogP contribution < -0.4 is 10.1 Å². The predicted molar refractivity (Wildman–Crippen MR) is 78.7 cm³/mol. The second-order valence-electron chi connectivity index (χ2n) is 5.28. The Kier molecular flexibility index (Phi) is 5.87. The van der Waals surface area contributed by atoms with E-state index in [-0.39, 0.29) is 11.9 Å². The largest absolute Gasteiger partial charge is 0.496 e. The highest BCUT2D eigenvalue weighted by Gasteiger charge is 2.12. The molecule has 1 N–H and O–H groups in total. The fourth-order valence-corrected chi connectivity index (χ4v) is 1.90. The molecule has 1 aromatic rings. The van der Waals surface area contributed by atoms with Crippen LogP contribution >= 0.6 is 0 Å². The van der Waals surface area contributed by atoms with Crippen LogP contribution in [0, 0.1) is 0 Å². The fraction of sp³-hybridized carbons (Fsp3) is 0.562. The van der Waals surface area contributed by atoms with Gasteiger partial charge < -0.3 is 10.1 Å². The predicted octanol–water partition coefficient (Wildman–Crippen LogP) is 3.28. The minimum absolute atomic E-state index is 0.0496. The first kappa shape index (κ1) is 15.5. The lowest BCUT2D eigenvalue weighted by molar-refractivity contribution is -0.121. The normalized spacial score (nSPS) is 12.3. The summed E-state index contributed by atoms with van der Waals surface area (Å²) in [6.07, 6.45) is 1.31. The molecular weight excluding hydrogens is 238 g/mol. The molecule has 1 aromatic carbocycles. The molecule has 19 heavy (non-hydrogen) atoms. The quantitative estimate of drug-likeness (QED) is 0.855. The lowest BCUT2D eigenvalue weighted by atomic mass is 9.98. The van der Waals surface area contributed by atoms with E-state index < -0.39 is 0 Å². The maximum Gasteiger partial charge on any atom is 0.224 e. The average molecular weight is 263 g/mol. The highest BCUT2D eigenvalue weighted by Crippen LogP contribution is 2.24. The Morgan fingerprint density at radius 1 is 1.32 bits per heavy atom. The molecular formula is C16H25NO2. The Morgan fingerprint density at radius 3 is 2.53 bits per heavy atom. The van der Waals surface area contributed by atoms with E-state index in [2.05, 4.69) is 38.2 Å². The number of hydrogen-bond donors (Lipinski definition) is 1. The van der Waals surface area contributed by atoms with Crippen molar-refractivity contribution in [3.05, 3.63) is 29.3 Å². The Bertz CT molecular complexity index is 427. The molecule has 0 aromatic heterocycles. The van der Waals surface area contributed by atoms with Gasteiger partial charge in [-0.15, -0.1) is 0 Å². The van der Waals surface area contributed by atoms with Gasteiger partial charge in [0.05, 0.1) is 13.5 Å². The van der Waals surface area contributed by atoms with Crippen molar-refractivity contribution >= 4 is 5.91 Å². The molecule has 0 saturated heterocycles. The van der Waals surface area contributed by atoms with E-state index in [1.54, 1.807) is 7.11 Å². The SMILES string of the molecule is CCC(C)NC(=O)Cc1cc(C(C)C)ccc1OC. The second-order valence-corrected chi connectivity index (χ2v) is 5.28. The molecule has 0 bridgehead atoms. The first-order valence-corrected chi connectivity index (χ1v) is 6.94. The van der Waals surface area contributed by atoms with Crippen LogP contribution in [0.15, 0.2) is 18.2 Å². The number of nitrogens with one attached hydrogen (secondary N) is 1. The summed E-state index contributed by atoms with van der Waals surface area (Å²) in [6.45, 7) is 8.36. The third-order valence-corrected chi connectivity index (χ3v) is 3.34. The van der Waals surface area contributed by atoms with Crippen molar-refractivity contribution in [2.75, 3.05) is 7.11 Å². The van der Waals surface area contributed by atoms with Gasteiger partial charge in [0.1, 0.15) is 5.75 Å². The minimum atomic E-state index is 0.0496. The van der Waals surface area contributed by atoms with Crippen LogP contribution in [0.25, 0.3) is 0 Å². The van der Waals surface area contributed by atoms with Gasteiger partial charge in [0.15, 0.2) is 0 Å². The second kappa shape index (κ2) is 7.17. The number of carbonyl (C=O) groups is 1. The van der Waals surface area contributed by atoms with Gasteiger partial charge in [-0.3, -0.25) is 4.79 Å². The fourth-order valence-electron chi connectivity index (χ4n) is 1.90. The standard InChI is InChI=1S/C16H25NO2/c1-6-12(4)17-16(18)10-14-9-13(11(2)3)7-8-15(14)19-5/h7-9,11-12H,6,10H2,1-5H3,(H,17,18). The Labute approximate surface area is 116 Å². The molecule has 106 valence electrons. The van der Waals surface area contributed by atoms with Crippen molar-refractivity contribution in [1.29, 1.82) is 0 Å². The van der Waals surface area contributed by atoms with Gasteiger partial charge in [-0.2, -0.15) is 0 Å². The van der Waals surface area contributed by atoms with Crippen LogP contribution in [0.5, 0.6) is 5.75 Å². The molecule has 1 amide bonds. The lowest BCUT2D eigenvalue weighted by Crippen LogP contribution is -2.33. The summed E-state index contributed by atoms with van der Waals surface area (Å²) in [5.41, 5.74) is 2.18. The van der Waals surface area contributed by atoms with Crippen LogP contribution in [0.2, 0.25) is 0 Å². The van der Waals surface area contributed by atoms with Crippen molar-refractivity contribution in [2.45, 2.75) is 52.5 Å². The van der Waals surface area contributed by atoms with E-state index in [9.17, 15) is 4.79 Å². The molecule has 3 nitrogen and oxygen atoms in total. The van der Waals surface area contributed by atoms with E-state index in [4.69, 9.17) is 4.74 Å². The zero-order valence-electron chi connectivity index (χ0n) is 12.6. The smallest absolute Gasteiger partial charge is 0.224 e. The van der Waals surface area contributed by atoms with E-state index in [0.29, 0.717) is 12.3 Å². The average Bonchev–Trinajstić information content (AvgIpc) is 2.38. The molecule has 1 atom stereocenters. The summed E-state index contributed by atoms with van der Waals surface area (Å²) in [6, 6.07) is 6.28. The van der Waals surface area contributed by atoms with Crippen molar-refractivity contribution in [1.82, 2.24) is 5.32 Å². The van der Waals surface area contributed by atoms with Gasteiger partial charge in [0.25, 0.3) is 0 Å². The van der Waals surface area contributed by atoms with Gasteiger partial charge in [-0.25, -0.2) is 0 Å². The Hall–Kier alpha value is -1.51. The number of carbonyl (C=O) groups excluding carboxylic acids is 1. The molecule has 0 aliphatic carbocycles. The lowest BCUT2D eigenvalue weighted by Gasteiger charge is -2.15. The van der Waals surface area contributed by atoms with E-state index >= 15 is 0 Å². The summed E-state index contributed by atoms with van der Waals surface area (Å²) in [5.74, 6) is 1.28. The number of ether oxygens (including phenoxy) is 1. The monoisotopic (exact) mass is 263 g/mol. The van der Waals surface area contributed by atoms with Crippen LogP contribution in [0.4, 0.5) is 0 Å². The zero-order chi connectivity index (χ0) is 14.4. The third kappa shape index (κ3) is 4.58. The van der Waals surface area contributed by atoms with Crippen molar-refractivity contribution in [3.63, 3.8) is 0 Å². The molecule has 0 heterocycles. The van der Waals surface area contributed by atoms with Crippen molar-refractivity contribution in [2.24, 2.45) is 0 Å². The Morgan fingerprint density at radius 2 is 2.00 bits per heavy atom. The zero-order valence-corrected chi connectivity index (χ0v) is 12.6. The van der Waals surface area contributed by atoms with Gasteiger partial charge in [-0.05, 0) is 30.9 Å². The van der Waals surface area contributed by atoms with Gasteiger partial charge in [-0.1, -0.05) is 32.9 Å². The molecule has 0 aliphatic rings. The summed E-state index contributed by atoms with van der Waals surface area (Å²) in [7, 11) is 1.64. The molecule has 0 fully saturated rings. The van der Waals surface area contributed by atoms with Crippen LogP contribution in [-0.4, -0.2) is 19.1 Å². The Balaban J connectivity index is 2.85. The highest BCUT2D eigenvalue weighted by atomic mass is 16.5. The summed E-state index contributed by atoms with van der Waals surface area (Å²) in [5, 5.41) is 2.98. The third-order valence-electron chi connectivity index (χ3n) is 3.34. The number of rotatable bonds is 6. The van der Waals surface area contributed by atoms with Crippen LogP contribution in [-0.2, 0) is 11.2 Å². The molecule has 1 unspecified atom stereocenters. The van der Waals surface area contributed by atoms with Crippen molar-refractivity contribution < 1.29 is 9.53 Å². The maximum atomic E-state index is 12.0. The molecule has 0 aliphatic heterocycles. The minimum Gasteiger partial charge on any atom is -0.496 e. The van der Waals surface area contributed by atoms with Crippen LogP contribution in [0.3, 0.4) is 0 Å². The molecule has 3 heteroatoms. The van der Waals surface area contributed by atoms with Crippen molar-refractivity contribution in [3.8, 4) is 5.75 Å². The number of benzene rings is 1. The molecule has 0 radical (unpaired) electrons. The van der Waals surface area contributed by atoms with Gasteiger partial charge >= 0.3 is 0 Å². The first-order valence-electron chi connectivity index (χ1n) is 6.94. The van der Waals surface area contributed by atoms with E-state index in [1.807, 2.05) is 13.0 Å². The number of methoxy groups -OCH3 is 1. The van der Waals surface area contributed by atoms with E-state index in [0.717, 1.165) is 17.7 Å². The highest BCUT2D eigenvalue weighted by molar-refractivity contribution is 5.79. The van der Waals surface area contributed by atoms with Gasteiger partial charge in [0, 0.05) is 11.6 Å². The van der Waals surface area contributed by atoms with Gasteiger partial charge in [0.2, 0.25) is 5.91 Å². The summed E-state index contributed by atoms with van der Waals surface area (Å²) < 4.78 is 5.33. The molecule has 0 spiro atoms. The maximum absolute atomic E-state index is 12.0. The first-order chi connectivity index (χ1) is 8.97.